The Morgan fingerprint density at radius 1 is 1.10 bits per heavy atom. The lowest BCUT2D eigenvalue weighted by molar-refractivity contribution is 0.271. The third-order valence-corrected chi connectivity index (χ3v) is 2.67. The predicted octanol–water partition coefficient (Wildman–Crippen LogP) is 2.34. The van der Waals surface area contributed by atoms with E-state index in [2.05, 4.69) is 28.8 Å². The van der Waals surface area contributed by atoms with Crippen molar-refractivity contribution in [1.29, 1.82) is 0 Å². The molecule has 106 valence electrons. The number of nitrogens with zero attached hydrogens (tertiary/aromatic N) is 3. The van der Waals surface area contributed by atoms with Gasteiger partial charge in [0.25, 0.3) is 0 Å². The van der Waals surface area contributed by atoms with Gasteiger partial charge >= 0.3 is 0 Å². The molecule has 0 saturated carbocycles. The Balaban J connectivity index is 2.19. The molecule has 0 aliphatic rings. The molecular formula is C15H20N4O. The highest BCUT2D eigenvalue weighted by Gasteiger charge is 2.06. The summed E-state index contributed by atoms with van der Waals surface area (Å²) in [6.45, 7) is 7.10. The molecular weight excluding hydrogens is 252 g/mol. The highest BCUT2D eigenvalue weighted by atomic mass is 16.5. The van der Waals surface area contributed by atoms with Crippen molar-refractivity contribution in [3.05, 3.63) is 35.9 Å². The van der Waals surface area contributed by atoms with Gasteiger partial charge in [0.15, 0.2) is 5.82 Å². The van der Waals surface area contributed by atoms with Crippen LogP contribution in [0.25, 0.3) is 11.4 Å². The topological polar surface area (TPSA) is 73.9 Å². The van der Waals surface area contributed by atoms with Gasteiger partial charge in [-0.05, 0) is 37.1 Å². The maximum absolute atomic E-state index is 5.65. The molecule has 5 nitrogen and oxygen atoms in total. The number of ether oxygens (including phenoxy) is 1. The summed E-state index contributed by atoms with van der Waals surface area (Å²) in [5.74, 6) is 3.29. The van der Waals surface area contributed by atoms with Crippen LogP contribution in [0.2, 0.25) is 0 Å². The van der Waals surface area contributed by atoms with Crippen LogP contribution in [0.1, 0.15) is 25.5 Å². The summed E-state index contributed by atoms with van der Waals surface area (Å²) in [5.41, 5.74) is 6.52. The van der Waals surface area contributed by atoms with E-state index < -0.39 is 0 Å². The summed E-state index contributed by atoms with van der Waals surface area (Å²) in [6, 6.07) is 7.76. The van der Waals surface area contributed by atoms with Crippen LogP contribution in [0.5, 0.6) is 5.75 Å². The molecule has 2 aromatic rings. The molecule has 0 bridgehead atoms. The summed E-state index contributed by atoms with van der Waals surface area (Å²) >= 11 is 0. The monoisotopic (exact) mass is 272 g/mol. The van der Waals surface area contributed by atoms with Gasteiger partial charge in [-0.1, -0.05) is 13.8 Å². The largest absolute Gasteiger partial charge is 0.493 e. The summed E-state index contributed by atoms with van der Waals surface area (Å²) in [7, 11) is 0. The first-order valence-corrected chi connectivity index (χ1v) is 6.73. The Bertz CT molecular complexity index is 567. The molecule has 2 rings (SSSR count). The van der Waals surface area contributed by atoms with Gasteiger partial charge in [0.05, 0.1) is 13.2 Å². The fraction of sp³-hybridized carbons (Fsp3) is 0.400. The normalized spacial score (nSPS) is 10.8. The molecule has 2 N–H and O–H groups in total. The second-order valence-corrected chi connectivity index (χ2v) is 5.06. The summed E-state index contributed by atoms with van der Waals surface area (Å²) in [5, 5.41) is 0. The maximum atomic E-state index is 5.65. The Labute approximate surface area is 119 Å². The zero-order chi connectivity index (χ0) is 14.5. The first kappa shape index (κ1) is 14.4. The van der Waals surface area contributed by atoms with E-state index in [1.165, 1.54) is 0 Å². The van der Waals surface area contributed by atoms with E-state index in [0.29, 0.717) is 36.5 Å². The molecule has 1 aromatic heterocycles. The number of rotatable bonds is 5. The van der Waals surface area contributed by atoms with Crippen LogP contribution in [-0.4, -0.2) is 21.6 Å². The average Bonchev–Trinajstić information content (AvgIpc) is 2.45. The van der Waals surface area contributed by atoms with Gasteiger partial charge in [0, 0.05) is 5.56 Å². The minimum Gasteiger partial charge on any atom is -0.493 e. The van der Waals surface area contributed by atoms with Gasteiger partial charge in [-0.3, -0.25) is 0 Å². The highest BCUT2D eigenvalue weighted by molar-refractivity contribution is 5.56. The van der Waals surface area contributed by atoms with Crippen LogP contribution in [0, 0.1) is 12.8 Å². The van der Waals surface area contributed by atoms with Crippen molar-refractivity contribution in [3.8, 4) is 17.1 Å². The van der Waals surface area contributed by atoms with Crippen LogP contribution < -0.4 is 10.5 Å². The molecule has 0 amide bonds. The first-order chi connectivity index (χ1) is 9.58. The van der Waals surface area contributed by atoms with E-state index in [1.807, 2.05) is 31.2 Å². The van der Waals surface area contributed by atoms with E-state index in [4.69, 9.17) is 10.5 Å². The molecule has 0 aliphatic carbocycles. The Hall–Kier alpha value is -2.01. The lowest BCUT2D eigenvalue weighted by Crippen LogP contribution is -2.07. The van der Waals surface area contributed by atoms with Crippen molar-refractivity contribution in [2.75, 3.05) is 6.61 Å². The number of benzene rings is 1. The van der Waals surface area contributed by atoms with Crippen LogP contribution in [0.3, 0.4) is 0 Å². The highest BCUT2D eigenvalue weighted by Crippen LogP contribution is 2.20. The summed E-state index contributed by atoms with van der Waals surface area (Å²) < 4.78 is 5.65. The number of aromatic nitrogens is 3. The lowest BCUT2D eigenvalue weighted by atomic mass is 10.2. The van der Waals surface area contributed by atoms with E-state index >= 15 is 0 Å². The standard InChI is InChI=1S/C15H20N4O/c1-10(2)9-20-13-6-4-12(5-7-13)15-18-11(3)17-14(8-16)19-15/h4-7,10H,8-9,16H2,1-3H3. The van der Waals surface area contributed by atoms with Crippen LogP contribution in [0.15, 0.2) is 24.3 Å². The second-order valence-electron chi connectivity index (χ2n) is 5.06. The first-order valence-electron chi connectivity index (χ1n) is 6.73. The average molecular weight is 272 g/mol. The number of aryl methyl sites for hydroxylation is 1. The zero-order valence-electron chi connectivity index (χ0n) is 12.1. The maximum Gasteiger partial charge on any atom is 0.163 e. The minimum absolute atomic E-state index is 0.311. The van der Waals surface area contributed by atoms with Crippen LogP contribution in [-0.2, 0) is 6.54 Å². The van der Waals surface area contributed by atoms with Crippen molar-refractivity contribution in [3.63, 3.8) is 0 Å². The molecule has 0 aliphatic heterocycles. The number of nitrogens with two attached hydrogens (primary N) is 1. The molecule has 0 fully saturated rings. The van der Waals surface area contributed by atoms with Gasteiger partial charge in [-0.25, -0.2) is 15.0 Å². The molecule has 1 aromatic carbocycles. The molecule has 0 saturated heterocycles. The summed E-state index contributed by atoms with van der Waals surface area (Å²) in [6.07, 6.45) is 0. The van der Waals surface area contributed by atoms with Gasteiger partial charge in [-0.2, -0.15) is 0 Å². The molecule has 0 radical (unpaired) electrons. The number of hydrogen-bond donors (Lipinski definition) is 1. The van der Waals surface area contributed by atoms with Gasteiger partial charge in [0.2, 0.25) is 0 Å². The Morgan fingerprint density at radius 2 is 1.80 bits per heavy atom. The Kier molecular flexibility index (Phi) is 4.63. The molecule has 20 heavy (non-hydrogen) atoms. The molecule has 0 atom stereocenters. The Morgan fingerprint density at radius 3 is 2.40 bits per heavy atom. The van der Waals surface area contributed by atoms with Crippen LogP contribution in [0.4, 0.5) is 0 Å². The van der Waals surface area contributed by atoms with Crippen molar-refractivity contribution in [1.82, 2.24) is 15.0 Å². The van der Waals surface area contributed by atoms with Crippen LogP contribution >= 0.6 is 0 Å². The third kappa shape index (κ3) is 3.74. The van der Waals surface area contributed by atoms with Crippen molar-refractivity contribution in [2.45, 2.75) is 27.3 Å². The fourth-order valence-corrected chi connectivity index (χ4v) is 1.72. The van der Waals surface area contributed by atoms with Gasteiger partial charge in [-0.15, -0.1) is 0 Å². The van der Waals surface area contributed by atoms with Gasteiger partial charge in [0.1, 0.15) is 17.4 Å². The van der Waals surface area contributed by atoms with E-state index in [-0.39, 0.29) is 0 Å². The second kappa shape index (κ2) is 6.43. The van der Waals surface area contributed by atoms with E-state index in [9.17, 15) is 0 Å². The quantitative estimate of drug-likeness (QED) is 0.904. The lowest BCUT2D eigenvalue weighted by Gasteiger charge is -2.09. The minimum atomic E-state index is 0.311. The molecule has 0 unspecified atom stereocenters. The predicted molar refractivity (Wildman–Crippen MR) is 78.2 cm³/mol. The van der Waals surface area contributed by atoms with Gasteiger partial charge < -0.3 is 10.5 Å². The third-order valence-electron chi connectivity index (χ3n) is 2.67. The zero-order valence-corrected chi connectivity index (χ0v) is 12.1. The van der Waals surface area contributed by atoms with Crippen molar-refractivity contribution in [2.24, 2.45) is 11.7 Å². The van der Waals surface area contributed by atoms with Crippen molar-refractivity contribution < 1.29 is 4.74 Å². The molecule has 5 heteroatoms. The fourth-order valence-electron chi connectivity index (χ4n) is 1.72. The van der Waals surface area contributed by atoms with E-state index in [1.54, 1.807) is 0 Å². The summed E-state index contributed by atoms with van der Waals surface area (Å²) in [4.78, 5) is 12.8. The molecule has 0 spiro atoms. The number of hydrogen-bond acceptors (Lipinski definition) is 5. The SMILES string of the molecule is Cc1nc(CN)nc(-c2ccc(OCC(C)C)cc2)n1. The smallest absolute Gasteiger partial charge is 0.163 e. The molecule has 1 heterocycles. The van der Waals surface area contributed by atoms with Crippen molar-refractivity contribution >= 4 is 0 Å². The van der Waals surface area contributed by atoms with E-state index in [0.717, 1.165) is 11.3 Å².